The minimum absolute atomic E-state index is 0.0752. The number of amides is 1. The molecule has 0 radical (unpaired) electrons. The van der Waals surface area contributed by atoms with Gasteiger partial charge in [0.05, 0.1) is 19.3 Å². The molecule has 1 fully saturated rings. The number of hydrogen-bond acceptors (Lipinski definition) is 2. The largest absolute Gasteiger partial charge is 0.377 e. The molecule has 0 saturated carbocycles. The number of nitrogens with zero attached hydrogens (tertiary/aromatic N) is 1. The maximum absolute atomic E-state index is 12.3. The van der Waals surface area contributed by atoms with Crippen LogP contribution in [0.5, 0.6) is 0 Å². The van der Waals surface area contributed by atoms with E-state index in [-0.39, 0.29) is 11.9 Å². The summed E-state index contributed by atoms with van der Waals surface area (Å²) in [4.78, 5) is 14.2. The zero-order chi connectivity index (χ0) is 13.0. The Morgan fingerprint density at radius 3 is 2.78 bits per heavy atom. The van der Waals surface area contributed by atoms with E-state index in [0.717, 1.165) is 5.56 Å². The number of hydrogen-bond donors (Lipinski definition) is 0. The van der Waals surface area contributed by atoms with Crippen molar-refractivity contribution in [1.82, 2.24) is 4.90 Å². The van der Waals surface area contributed by atoms with E-state index < -0.39 is 0 Å². The Balaban J connectivity index is 2.13. The zero-order valence-electron chi connectivity index (χ0n) is 11.1. The van der Waals surface area contributed by atoms with E-state index in [1.807, 2.05) is 23.1 Å². The molecule has 0 spiro atoms. The normalized spacial score (nSPS) is 20.2. The lowest BCUT2D eigenvalue weighted by Crippen LogP contribution is -2.43. The van der Waals surface area contributed by atoms with Crippen LogP contribution in [-0.2, 0) is 9.53 Å². The molecule has 0 aromatic heterocycles. The molecule has 0 aliphatic carbocycles. The van der Waals surface area contributed by atoms with Crippen molar-refractivity contribution in [2.24, 2.45) is 5.92 Å². The van der Waals surface area contributed by atoms with Crippen LogP contribution in [0, 0.1) is 5.92 Å². The van der Waals surface area contributed by atoms with Gasteiger partial charge in [-0.1, -0.05) is 44.2 Å². The van der Waals surface area contributed by atoms with Gasteiger partial charge in [-0.2, -0.15) is 0 Å². The maximum atomic E-state index is 12.3. The first-order valence-corrected chi connectivity index (χ1v) is 6.60. The minimum Gasteiger partial charge on any atom is -0.377 e. The van der Waals surface area contributed by atoms with Gasteiger partial charge < -0.3 is 9.64 Å². The van der Waals surface area contributed by atoms with Crippen LogP contribution < -0.4 is 0 Å². The van der Waals surface area contributed by atoms with E-state index in [1.54, 1.807) is 0 Å². The van der Waals surface area contributed by atoms with E-state index in [4.69, 9.17) is 4.74 Å². The van der Waals surface area contributed by atoms with Crippen LogP contribution in [0.15, 0.2) is 30.3 Å². The van der Waals surface area contributed by atoms with Crippen LogP contribution in [0.1, 0.15) is 31.9 Å². The second-order valence-electron chi connectivity index (χ2n) is 5.19. The van der Waals surface area contributed by atoms with Gasteiger partial charge in [-0.25, -0.2) is 0 Å². The molecule has 1 aliphatic heterocycles. The molecule has 1 aliphatic rings. The lowest BCUT2D eigenvalue weighted by Gasteiger charge is -2.36. The molecule has 1 atom stereocenters. The van der Waals surface area contributed by atoms with E-state index in [1.165, 1.54) is 0 Å². The summed E-state index contributed by atoms with van der Waals surface area (Å²) in [5, 5.41) is 0. The first-order valence-electron chi connectivity index (χ1n) is 6.60. The van der Waals surface area contributed by atoms with Crippen molar-refractivity contribution < 1.29 is 9.53 Å². The molecule has 1 amide bonds. The number of morpholine rings is 1. The molecule has 3 nitrogen and oxygen atoms in total. The van der Waals surface area contributed by atoms with Crippen molar-refractivity contribution in [3.63, 3.8) is 0 Å². The molecule has 1 unspecified atom stereocenters. The molecule has 3 heteroatoms. The van der Waals surface area contributed by atoms with E-state index in [0.29, 0.717) is 32.1 Å². The van der Waals surface area contributed by atoms with Gasteiger partial charge in [-0.15, -0.1) is 0 Å². The second-order valence-corrected chi connectivity index (χ2v) is 5.19. The molecule has 1 aromatic rings. The summed E-state index contributed by atoms with van der Waals surface area (Å²) in [6, 6.07) is 10.2. The standard InChI is InChI=1S/C15H21NO2/c1-12(2)10-15(17)16-8-9-18-11-14(16)13-6-4-3-5-7-13/h3-7,12,14H,8-11H2,1-2H3. The van der Waals surface area contributed by atoms with Crippen molar-refractivity contribution in [3.05, 3.63) is 35.9 Å². The van der Waals surface area contributed by atoms with E-state index in [2.05, 4.69) is 26.0 Å². The number of ether oxygens (including phenoxy) is 1. The molecule has 1 heterocycles. The Morgan fingerprint density at radius 1 is 1.39 bits per heavy atom. The summed E-state index contributed by atoms with van der Waals surface area (Å²) < 4.78 is 5.53. The van der Waals surface area contributed by atoms with Gasteiger partial charge in [0, 0.05) is 13.0 Å². The topological polar surface area (TPSA) is 29.5 Å². The van der Waals surface area contributed by atoms with Crippen molar-refractivity contribution in [2.45, 2.75) is 26.3 Å². The Morgan fingerprint density at radius 2 is 2.11 bits per heavy atom. The van der Waals surface area contributed by atoms with Crippen molar-refractivity contribution >= 4 is 5.91 Å². The number of rotatable bonds is 3. The fourth-order valence-corrected chi connectivity index (χ4v) is 2.32. The summed E-state index contributed by atoms with van der Waals surface area (Å²) in [5.74, 6) is 0.638. The summed E-state index contributed by atoms with van der Waals surface area (Å²) in [6.07, 6.45) is 0.614. The van der Waals surface area contributed by atoms with Crippen LogP contribution >= 0.6 is 0 Å². The number of carbonyl (C=O) groups is 1. The SMILES string of the molecule is CC(C)CC(=O)N1CCOCC1c1ccccc1. The molecule has 98 valence electrons. The van der Waals surface area contributed by atoms with Crippen LogP contribution in [0.25, 0.3) is 0 Å². The van der Waals surface area contributed by atoms with Crippen molar-refractivity contribution in [2.75, 3.05) is 19.8 Å². The first-order chi connectivity index (χ1) is 8.68. The average molecular weight is 247 g/mol. The quantitative estimate of drug-likeness (QED) is 0.821. The molecule has 1 saturated heterocycles. The molecule has 2 rings (SSSR count). The molecular formula is C15H21NO2. The van der Waals surface area contributed by atoms with Crippen LogP contribution in [-0.4, -0.2) is 30.6 Å². The van der Waals surface area contributed by atoms with Gasteiger partial charge in [0.2, 0.25) is 5.91 Å². The monoisotopic (exact) mass is 247 g/mol. The highest BCUT2D eigenvalue weighted by Crippen LogP contribution is 2.25. The first kappa shape index (κ1) is 13.1. The maximum Gasteiger partial charge on any atom is 0.223 e. The summed E-state index contributed by atoms with van der Waals surface area (Å²) in [5.41, 5.74) is 1.16. The van der Waals surface area contributed by atoms with Crippen LogP contribution in [0.3, 0.4) is 0 Å². The van der Waals surface area contributed by atoms with Crippen LogP contribution in [0.4, 0.5) is 0 Å². The third-order valence-corrected chi connectivity index (χ3v) is 3.22. The van der Waals surface area contributed by atoms with Crippen molar-refractivity contribution in [1.29, 1.82) is 0 Å². The Hall–Kier alpha value is -1.35. The Labute approximate surface area is 109 Å². The van der Waals surface area contributed by atoms with Gasteiger partial charge in [0.15, 0.2) is 0 Å². The predicted octanol–water partition coefficient (Wildman–Crippen LogP) is 2.63. The molecular weight excluding hydrogens is 226 g/mol. The van der Waals surface area contributed by atoms with E-state index in [9.17, 15) is 4.79 Å². The molecule has 18 heavy (non-hydrogen) atoms. The van der Waals surface area contributed by atoms with Gasteiger partial charge in [0.25, 0.3) is 0 Å². The summed E-state index contributed by atoms with van der Waals surface area (Å²) in [7, 11) is 0. The fourth-order valence-electron chi connectivity index (χ4n) is 2.32. The second kappa shape index (κ2) is 6.01. The highest BCUT2D eigenvalue weighted by atomic mass is 16.5. The third-order valence-electron chi connectivity index (χ3n) is 3.22. The lowest BCUT2D eigenvalue weighted by atomic mass is 10.0. The van der Waals surface area contributed by atoms with Gasteiger partial charge in [-0.05, 0) is 11.5 Å². The molecule has 0 N–H and O–H groups in total. The Kier molecular flexibility index (Phi) is 4.37. The Bertz CT molecular complexity index is 389. The van der Waals surface area contributed by atoms with Gasteiger partial charge >= 0.3 is 0 Å². The predicted molar refractivity (Wildman–Crippen MR) is 71.2 cm³/mol. The molecule has 0 bridgehead atoms. The van der Waals surface area contributed by atoms with Gasteiger partial charge in [-0.3, -0.25) is 4.79 Å². The fraction of sp³-hybridized carbons (Fsp3) is 0.533. The number of carbonyl (C=O) groups excluding carboxylic acids is 1. The summed E-state index contributed by atoms with van der Waals surface area (Å²) >= 11 is 0. The minimum atomic E-state index is 0.0752. The highest BCUT2D eigenvalue weighted by Gasteiger charge is 2.28. The summed E-state index contributed by atoms with van der Waals surface area (Å²) in [6.45, 7) is 6.11. The number of benzene rings is 1. The van der Waals surface area contributed by atoms with Crippen molar-refractivity contribution in [3.8, 4) is 0 Å². The zero-order valence-corrected chi connectivity index (χ0v) is 11.1. The van der Waals surface area contributed by atoms with Gasteiger partial charge in [0.1, 0.15) is 0 Å². The smallest absolute Gasteiger partial charge is 0.223 e. The van der Waals surface area contributed by atoms with E-state index >= 15 is 0 Å². The van der Waals surface area contributed by atoms with Crippen LogP contribution in [0.2, 0.25) is 0 Å². The lowest BCUT2D eigenvalue weighted by molar-refractivity contribution is -0.141. The third kappa shape index (κ3) is 3.10. The average Bonchev–Trinajstić information content (AvgIpc) is 2.39. The highest BCUT2D eigenvalue weighted by molar-refractivity contribution is 5.77. The molecule has 1 aromatic carbocycles.